The standard InChI is InChI=1S/C18H20ClN3O4S2.BrH/c1-21(2)28(25,26)16-10-12(4-9-15(16)19)18(24)11-27-17(22(18)3)20-13-5-7-14(23)8-6-13;/h4-10,23-24H,11H2,1-3H3;1H. The lowest BCUT2D eigenvalue weighted by atomic mass is 10.0. The summed E-state index contributed by atoms with van der Waals surface area (Å²) in [6.07, 6.45) is 0. The molecule has 0 radical (unpaired) electrons. The van der Waals surface area contributed by atoms with E-state index in [9.17, 15) is 18.6 Å². The van der Waals surface area contributed by atoms with Gasteiger partial charge in [0.2, 0.25) is 10.0 Å². The summed E-state index contributed by atoms with van der Waals surface area (Å²) in [5, 5.41) is 21.3. The maximum Gasteiger partial charge on any atom is 0.244 e. The van der Waals surface area contributed by atoms with Crippen LogP contribution in [-0.2, 0) is 15.7 Å². The Balaban J connectivity index is 0.00000300. The highest BCUT2D eigenvalue weighted by atomic mass is 79.9. The Hall–Kier alpha value is -1.30. The Morgan fingerprint density at radius 3 is 2.41 bits per heavy atom. The lowest BCUT2D eigenvalue weighted by molar-refractivity contribution is -0.0349. The number of aliphatic imine (C=N–C) groups is 1. The number of thioether (sulfide) groups is 1. The molecule has 0 aliphatic carbocycles. The number of phenols is 1. The minimum atomic E-state index is -3.76. The third-order valence-electron chi connectivity index (χ3n) is 4.47. The molecule has 0 aromatic heterocycles. The monoisotopic (exact) mass is 521 g/mol. The number of sulfonamides is 1. The first-order chi connectivity index (χ1) is 13.1. The average molecular weight is 523 g/mol. The Kier molecular flexibility index (Phi) is 7.30. The molecule has 0 spiro atoms. The number of phenolic OH excluding ortho intramolecular Hbond substituents is 1. The summed E-state index contributed by atoms with van der Waals surface area (Å²) < 4.78 is 26.1. The fraction of sp³-hybridized carbons (Fsp3) is 0.278. The molecule has 1 heterocycles. The quantitative estimate of drug-likeness (QED) is 0.639. The van der Waals surface area contributed by atoms with Gasteiger partial charge in [0.1, 0.15) is 10.6 Å². The van der Waals surface area contributed by atoms with E-state index in [0.717, 1.165) is 4.31 Å². The summed E-state index contributed by atoms with van der Waals surface area (Å²) in [4.78, 5) is 6.03. The molecule has 2 aromatic carbocycles. The van der Waals surface area contributed by atoms with E-state index in [4.69, 9.17) is 11.6 Å². The first-order valence-electron chi connectivity index (χ1n) is 8.25. The summed E-state index contributed by atoms with van der Waals surface area (Å²) in [7, 11) is 0.777. The zero-order chi connectivity index (χ0) is 20.7. The van der Waals surface area contributed by atoms with Crippen molar-refractivity contribution in [3.05, 3.63) is 53.1 Å². The molecular weight excluding hydrogens is 502 g/mol. The van der Waals surface area contributed by atoms with Crippen LogP contribution in [0.25, 0.3) is 0 Å². The van der Waals surface area contributed by atoms with Gasteiger partial charge in [0.05, 0.1) is 16.5 Å². The van der Waals surface area contributed by atoms with Crippen LogP contribution in [0.1, 0.15) is 5.56 Å². The third kappa shape index (κ3) is 4.57. The molecule has 158 valence electrons. The van der Waals surface area contributed by atoms with E-state index in [2.05, 4.69) is 4.99 Å². The number of hydrogen-bond donors (Lipinski definition) is 2. The van der Waals surface area contributed by atoms with Crippen LogP contribution in [0.2, 0.25) is 5.02 Å². The summed E-state index contributed by atoms with van der Waals surface area (Å²) in [5.74, 6) is 0.410. The second kappa shape index (κ2) is 8.83. The fourth-order valence-corrected chi connectivity index (χ4v) is 5.28. The topological polar surface area (TPSA) is 93.4 Å². The highest BCUT2D eigenvalue weighted by Gasteiger charge is 2.43. The van der Waals surface area contributed by atoms with Gasteiger partial charge in [-0.2, -0.15) is 0 Å². The number of benzene rings is 2. The zero-order valence-electron chi connectivity index (χ0n) is 15.9. The maximum atomic E-state index is 12.5. The van der Waals surface area contributed by atoms with Gasteiger partial charge in [-0.05, 0) is 36.4 Å². The average Bonchev–Trinajstić information content (AvgIpc) is 2.93. The van der Waals surface area contributed by atoms with Crippen LogP contribution >= 0.6 is 40.3 Å². The van der Waals surface area contributed by atoms with E-state index in [-0.39, 0.29) is 38.4 Å². The molecule has 0 saturated carbocycles. The first kappa shape index (κ1) is 24.0. The molecule has 1 atom stereocenters. The Morgan fingerprint density at radius 2 is 1.83 bits per heavy atom. The van der Waals surface area contributed by atoms with Gasteiger partial charge in [0.15, 0.2) is 10.9 Å². The number of halogens is 2. The van der Waals surface area contributed by atoms with Gasteiger partial charge >= 0.3 is 0 Å². The zero-order valence-corrected chi connectivity index (χ0v) is 20.0. The lowest BCUT2D eigenvalue weighted by Gasteiger charge is -2.31. The van der Waals surface area contributed by atoms with Crippen LogP contribution in [0, 0.1) is 0 Å². The second-order valence-electron chi connectivity index (χ2n) is 6.51. The highest BCUT2D eigenvalue weighted by molar-refractivity contribution is 8.93. The Bertz CT molecular complexity index is 1030. The van der Waals surface area contributed by atoms with Gasteiger partial charge in [-0.3, -0.25) is 0 Å². The number of aromatic hydroxyl groups is 1. The Labute approximate surface area is 189 Å². The Morgan fingerprint density at radius 1 is 1.21 bits per heavy atom. The van der Waals surface area contributed by atoms with Crippen molar-refractivity contribution in [3.63, 3.8) is 0 Å². The molecule has 1 fully saturated rings. The summed E-state index contributed by atoms with van der Waals surface area (Å²) in [6, 6.07) is 10.9. The SMILES string of the molecule is Br.CN1C(=Nc2ccc(O)cc2)SCC1(O)c1ccc(Cl)c(S(=O)(=O)N(C)C)c1. The van der Waals surface area contributed by atoms with Crippen LogP contribution in [0.4, 0.5) is 5.69 Å². The molecule has 3 rings (SSSR count). The van der Waals surface area contributed by atoms with Crippen LogP contribution in [-0.4, -0.2) is 59.9 Å². The molecule has 0 bridgehead atoms. The van der Waals surface area contributed by atoms with Crippen molar-refractivity contribution >= 4 is 61.2 Å². The van der Waals surface area contributed by atoms with Gasteiger partial charge in [-0.15, -0.1) is 17.0 Å². The second-order valence-corrected chi connectivity index (χ2v) is 9.98. The van der Waals surface area contributed by atoms with Crippen LogP contribution < -0.4 is 0 Å². The summed E-state index contributed by atoms with van der Waals surface area (Å²) >= 11 is 7.46. The molecule has 1 aliphatic rings. The van der Waals surface area contributed by atoms with E-state index in [1.54, 1.807) is 30.1 Å². The molecular formula is C18H21BrClN3O4S2. The highest BCUT2D eigenvalue weighted by Crippen LogP contribution is 2.40. The van der Waals surface area contributed by atoms with E-state index < -0.39 is 15.7 Å². The van der Waals surface area contributed by atoms with Crippen molar-refractivity contribution in [3.8, 4) is 5.75 Å². The van der Waals surface area contributed by atoms with Gasteiger partial charge in [0, 0.05) is 26.7 Å². The van der Waals surface area contributed by atoms with E-state index in [0.29, 0.717) is 16.4 Å². The van der Waals surface area contributed by atoms with E-state index in [1.807, 2.05) is 0 Å². The number of hydrogen-bond acceptors (Lipinski definition) is 6. The van der Waals surface area contributed by atoms with E-state index >= 15 is 0 Å². The summed E-state index contributed by atoms with van der Waals surface area (Å²) in [6.45, 7) is 0. The van der Waals surface area contributed by atoms with Crippen molar-refractivity contribution in [1.82, 2.24) is 9.21 Å². The predicted octanol–water partition coefficient (Wildman–Crippen LogP) is 3.39. The smallest absolute Gasteiger partial charge is 0.244 e. The van der Waals surface area contributed by atoms with Gasteiger partial charge in [-0.1, -0.05) is 29.4 Å². The van der Waals surface area contributed by atoms with Crippen molar-refractivity contribution in [2.75, 3.05) is 26.9 Å². The molecule has 1 saturated heterocycles. The van der Waals surface area contributed by atoms with Crippen LogP contribution in [0.3, 0.4) is 0 Å². The minimum absolute atomic E-state index is 0. The largest absolute Gasteiger partial charge is 0.508 e. The molecule has 1 aliphatic heterocycles. The third-order valence-corrected chi connectivity index (χ3v) is 7.94. The normalized spacial score (nSPS) is 20.9. The van der Waals surface area contributed by atoms with Crippen molar-refractivity contribution in [2.24, 2.45) is 4.99 Å². The molecule has 0 amide bonds. The van der Waals surface area contributed by atoms with Crippen molar-refractivity contribution < 1.29 is 18.6 Å². The number of amidine groups is 1. The minimum Gasteiger partial charge on any atom is -0.508 e. The van der Waals surface area contributed by atoms with Crippen LogP contribution in [0.15, 0.2) is 52.4 Å². The molecule has 7 nitrogen and oxygen atoms in total. The fourth-order valence-electron chi connectivity index (χ4n) is 2.69. The van der Waals surface area contributed by atoms with Crippen LogP contribution in [0.5, 0.6) is 5.75 Å². The number of rotatable bonds is 4. The molecule has 1 unspecified atom stereocenters. The lowest BCUT2D eigenvalue weighted by Crippen LogP contribution is -2.42. The summed E-state index contributed by atoms with van der Waals surface area (Å²) in [5.41, 5.74) is -0.409. The van der Waals surface area contributed by atoms with E-state index in [1.165, 1.54) is 50.1 Å². The molecule has 2 aromatic rings. The van der Waals surface area contributed by atoms with Gasteiger partial charge < -0.3 is 15.1 Å². The van der Waals surface area contributed by atoms with Gasteiger partial charge in [0.25, 0.3) is 0 Å². The predicted molar refractivity (Wildman–Crippen MR) is 122 cm³/mol. The van der Waals surface area contributed by atoms with Crippen molar-refractivity contribution in [2.45, 2.75) is 10.6 Å². The first-order valence-corrected chi connectivity index (χ1v) is 11.1. The molecule has 2 N–H and O–H groups in total. The molecule has 29 heavy (non-hydrogen) atoms. The van der Waals surface area contributed by atoms with Gasteiger partial charge in [-0.25, -0.2) is 17.7 Å². The number of aliphatic hydroxyl groups is 1. The number of nitrogens with zero attached hydrogens (tertiary/aromatic N) is 3. The molecule has 11 heteroatoms. The van der Waals surface area contributed by atoms with Crippen molar-refractivity contribution in [1.29, 1.82) is 0 Å². The maximum absolute atomic E-state index is 12.5.